The van der Waals surface area contributed by atoms with Crippen molar-refractivity contribution in [3.63, 3.8) is 0 Å². The van der Waals surface area contributed by atoms with Gasteiger partial charge < -0.3 is 10.1 Å². The molecule has 0 atom stereocenters. The fourth-order valence-electron chi connectivity index (χ4n) is 3.29. The zero-order valence-electron chi connectivity index (χ0n) is 16.3. The van der Waals surface area contributed by atoms with Crippen LogP contribution >= 0.6 is 11.8 Å². The van der Waals surface area contributed by atoms with Crippen molar-refractivity contribution in [2.45, 2.75) is 31.8 Å². The number of hydrogen-bond acceptors (Lipinski definition) is 4. The van der Waals surface area contributed by atoms with Gasteiger partial charge in [-0.3, -0.25) is 4.79 Å². The van der Waals surface area contributed by atoms with E-state index >= 15 is 0 Å². The number of nitrogens with zero attached hydrogens (tertiary/aromatic N) is 2. The number of methoxy groups -OCH3 is 1. The highest BCUT2D eigenvalue weighted by molar-refractivity contribution is 7.98. The summed E-state index contributed by atoms with van der Waals surface area (Å²) in [5.74, 6) is 3.29. The number of hydrogen-bond donors (Lipinski definition) is 1. The fourth-order valence-corrected chi connectivity index (χ4v) is 4.33. The summed E-state index contributed by atoms with van der Waals surface area (Å²) in [5, 5.41) is 7.90. The highest BCUT2D eigenvalue weighted by Crippen LogP contribution is 2.36. The molecular formula is C22H23N3O2S. The topological polar surface area (TPSA) is 56.1 Å². The second-order valence-corrected chi connectivity index (χ2v) is 8.01. The standard InChI is InChI=1S/C22H23N3O2S/c1-14-4-7-17(10-15(14)2)25-22(19-12-28-13-20(19)24-25)23-21(26)11-16-5-8-18(27-3)9-6-16/h4-10H,11-13H2,1-3H3,(H,23,26). The van der Waals surface area contributed by atoms with Crippen LogP contribution in [0.15, 0.2) is 42.5 Å². The maximum absolute atomic E-state index is 12.7. The fraction of sp³-hybridized carbons (Fsp3) is 0.273. The second-order valence-electron chi connectivity index (χ2n) is 7.02. The predicted molar refractivity (Wildman–Crippen MR) is 113 cm³/mol. The largest absolute Gasteiger partial charge is 0.497 e. The highest BCUT2D eigenvalue weighted by atomic mass is 32.2. The third-order valence-electron chi connectivity index (χ3n) is 5.07. The molecule has 4 rings (SSSR count). The number of rotatable bonds is 5. The monoisotopic (exact) mass is 393 g/mol. The van der Waals surface area contributed by atoms with Crippen LogP contribution < -0.4 is 10.1 Å². The van der Waals surface area contributed by atoms with Crippen molar-refractivity contribution in [2.24, 2.45) is 0 Å². The molecule has 1 aliphatic rings. The molecule has 6 heteroatoms. The van der Waals surface area contributed by atoms with Gasteiger partial charge in [0.25, 0.3) is 0 Å². The molecule has 0 saturated heterocycles. The molecule has 0 radical (unpaired) electrons. The summed E-state index contributed by atoms with van der Waals surface area (Å²) < 4.78 is 7.06. The SMILES string of the molecule is COc1ccc(CC(=O)Nc2c3c(nn2-c2ccc(C)c(C)c2)CSC3)cc1. The Morgan fingerprint density at radius 1 is 1.14 bits per heavy atom. The third-order valence-corrected chi connectivity index (χ3v) is 6.04. The van der Waals surface area contributed by atoms with Gasteiger partial charge in [0.05, 0.1) is 24.9 Å². The van der Waals surface area contributed by atoms with E-state index in [4.69, 9.17) is 9.84 Å². The highest BCUT2D eigenvalue weighted by Gasteiger charge is 2.24. The Hall–Kier alpha value is -2.73. The van der Waals surface area contributed by atoms with E-state index in [1.807, 2.05) is 40.7 Å². The maximum Gasteiger partial charge on any atom is 0.229 e. The molecule has 0 fully saturated rings. The molecule has 1 aromatic heterocycles. The number of amides is 1. The van der Waals surface area contributed by atoms with Crippen molar-refractivity contribution in [1.29, 1.82) is 0 Å². The number of fused-ring (bicyclic) bond motifs is 1. The Morgan fingerprint density at radius 3 is 2.64 bits per heavy atom. The molecule has 2 heterocycles. The van der Waals surface area contributed by atoms with Crippen LogP contribution in [0.4, 0.5) is 5.82 Å². The van der Waals surface area contributed by atoms with Crippen LogP contribution in [0.25, 0.3) is 5.69 Å². The lowest BCUT2D eigenvalue weighted by Crippen LogP contribution is -2.18. The Bertz CT molecular complexity index is 1030. The minimum absolute atomic E-state index is 0.0464. The second kappa shape index (κ2) is 7.72. The summed E-state index contributed by atoms with van der Waals surface area (Å²) in [4.78, 5) is 12.7. The van der Waals surface area contributed by atoms with E-state index in [1.54, 1.807) is 7.11 Å². The predicted octanol–water partition coefficient (Wildman–Crippen LogP) is 4.43. The summed E-state index contributed by atoms with van der Waals surface area (Å²) in [7, 11) is 1.63. The first-order chi connectivity index (χ1) is 13.5. The first-order valence-electron chi connectivity index (χ1n) is 9.24. The number of thioether (sulfide) groups is 1. The molecule has 1 aliphatic heterocycles. The van der Waals surface area contributed by atoms with Gasteiger partial charge in [-0.2, -0.15) is 16.9 Å². The lowest BCUT2D eigenvalue weighted by molar-refractivity contribution is -0.115. The van der Waals surface area contributed by atoms with Crippen LogP contribution in [0, 0.1) is 13.8 Å². The molecular weight excluding hydrogens is 370 g/mol. The average molecular weight is 394 g/mol. The number of anilines is 1. The molecule has 0 unspecified atom stereocenters. The van der Waals surface area contributed by atoms with Crippen LogP contribution in [0.5, 0.6) is 5.75 Å². The van der Waals surface area contributed by atoms with E-state index < -0.39 is 0 Å². The van der Waals surface area contributed by atoms with Crippen LogP contribution in [0.1, 0.15) is 27.9 Å². The summed E-state index contributed by atoms with van der Waals surface area (Å²) in [6.07, 6.45) is 0.310. The summed E-state index contributed by atoms with van der Waals surface area (Å²) >= 11 is 1.83. The summed E-state index contributed by atoms with van der Waals surface area (Å²) in [5.41, 5.74) is 6.56. The zero-order chi connectivity index (χ0) is 19.7. The molecule has 3 aromatic rings. The Labute approximate surface area is 169 Å². The normalized spacial score (nSPS) is 12.7. The van der Waals surface area contributed by atoms with Gasteiger partial charge in [0, 0.05) is 17.1 Å². The molecule has 1 amide bonds. The average Bonchev–Trinajstić information content (AvgIpc) is 3.27. The van der Waals surface area contributed by atoms with E-state index in [9.17, 15) is 4.79 Å². The molecule has 0 spiro atoms. The first-order valence-corrected chi connectivity index (χ1v) is 10.4. The minimum atomic E-state index is -0.0464. The third kappa shape index (κ3) is 3.64. The summed E-state index contributed by atoms with van der Waals surface area (Å²) in [6.45, 7) is 4.18. The molecule has 2 aromatic carbocycles. The van der Waals surface area contributed by atoms with Gasteiger partial charge >= 0.3 is 0 Å². The van der Waals surface area contributed by atoms with E-state index in [0.29, 0.717) is 6.42 Å². The van der Waals surface area contributed by atoms with Gasteiger partial charge in [0.1, 0.15) is 11.6 Å². The van der Waals surface area contributed by atoms with Crippen molar-refractivity contribution in [3.05, 3.63) is 70.4 Å². The van der Waals surface area contributed by atoms with Crippen LogP contribution in [0.3, 0.4) is 0 Å². The lowest BCUT2D eigenvalue weighted by Gasteiger charge is -2.12. The number of carbonyl (C=O) groups is 1. The molecule has 144 valence electrons. The van der Waals surface area contributed by atoms with Crippen LogP contribution in [-0.2, 0) is 22.7 Å². The smallest absolute Gasteiger partial charge is 0.229 e. The van der Waals surface area contributed by atoms with Gasteiger partial charge in [-0.1, -0.05) is 18.2 Å². The van der Waals surface area contributed by atoms with Crippen molar-refractivity contribution in [2.75, 3.05) is 12.4 Å². The Balaban J connectivity index is 1.61. The van der Waals surface area contributed by atoms with Crippen molar-refractivity contribution in [1.82, 2.24) is 9.78 Å². The van der Waals surface area contributed by atoms with Gasteiger partial charge in [0.15, 0.2) is 0 Å². The van der Waals surface area contributed by atoms with Crippen LogP contribution in [0.2, 0.25) is 0 Å². The molecule has 0 bridgehead atoms. The number of benzene rings is 2. The Morgan fingerprint density at radius 2 is 1.93 bits per heavy atom. The number of nitrogens with one attached hydrogen (secondary N) is 1. The lowest BCUT2D eigenvalue weighted by atomic mass is 10.1. The Kier molecular flexibility index (Phi) is 5.13. The molecule has 0 aliphatic carbocycles. The minimum Gasteiger partial charge on any atom is -0.497 e. The zero-order valence-corrected chi connectivity index (χ0v) is 17.1. The summed E-state index contributed by atoms with van der Waals surface area (Å²) in [6, 6.07) is 13.8. The van der Waals surface area contributed by atoms with Crippen LogP contribution in [-0.4, -0.2) is 22.8 Å². The molecule has 5 nitrogen and oxygen atoms in total. The maximum atomic E-state index is 12.7. The quantitative estimate of drug-likeness (QED) is 0.697. The number of aryl methyl sites for hydroxylation is 2. The van der Waals surface area contributed by atoms with E-state index in [0.717, 1.165) is 45.6 Å². The van der Waals surface area contributed by atoms with E-state index in [-0.39, 0.29) is 5.91 Å². The van der Waals surface area contributed by atoms with Gasteiger partial charge in [-0.05, 0) is 54.8 Å². The molecule has 0 saturated carbocycles. The van der Waals surface area contributed by atoms with Crippen molar-refractivity contribution >= 4 is 23.5 Å². The first kappa shape index (κ1) is 18.6. The van der Waals surface area contributed by atoms with Crippen molar-refractivity contribution in [3.8, 4) is 11.4 Å². The van der Waals surface area contributed by atoms with E-state index in [2.05, 4.69) is 37.4 Å². The van der Waals surface area contributed by atoms with Gasteiger partial charge in [-0.15, -0.1) is 0 Å². The molecule has 28 heavy (non-hydrogen) atoms. The van der Waals surface area contributed by atoms with Gasteiger partial charge in [-0.25, -0.2) is 4.68 Å². The molecule has 1 N–H and O–H groups in total. The van der Waals surface area contributed by atoms with E-state index in [1.165, 1.54) is 11.1 Å². The van der Waals surface area contributed by atoms with Gasteiger partial charge in [0.2, 0.25) is 5.91 Å². The van der Waals surface area contributed by atoms with Crippen molar-refractivity contribution < 1.29 is 9.53 Å². The number of carbonyl (C=O) groups excluding carboxylic acids is 1. The number of ether oxygens (including phenoxy) is 1. The number of aromatic nitrogens is 2.